The Morgan fingerprint density at radius 3 is 2.40 bits per heavy atom. The maximum Gasteiger partial charge on any atom is 0.228 e. The van der Waals surface area contributed by atoms with Crippen LogP contribution in [-0.4, -0.2) is 12.9 Å². The summed E-state index contributed by atoms with van der Waals surface area (Å²) >= 11 is 0. The van der Waals surface area contributed by atoms with Crippen LogP contribution < -0.4 is 4.74 Å². The summed E-state index contributed by atoms with van der Waals surface area (Å²) < 4.78 is 5.05. The lowest BCUT2D eigenvalue weighted by atomic mass is 10.0. The van der Waals surface area contributed by atoms with E-state index in [4.69, 9.17) is 16.6 Å². The van der Waals surface area contributed by atoms with Gasteiger partial charge in [0, 0.05) is 11.1 Å². The fourth-order valence-corrected chi connectivity index (χ4v) is 1.78. The summed E-state index contributed by atoms with van der Waals surface area (Å²) in [5.41, 5.74) is 1.69. The van der Waals surface area contributed by atoms with Crippen LogP contribution >= 0.6 is 0 Å². The molecule has 0 saturated heterocycles. The summed E-state index contributed by atoms with van der Waals surface area (Å²) in [7, 11) is 1.48. The number of ketones is 1. The Labute approximate surface area is 116 Å². The highest BCUT2D eigenvalue weighted by atomic mass is 16.5. The molecule has 0 bridgehead atoms. The van der Waals surface area contributed by atoms with E-state index in [2.05, 4.69) is 4.85 Å². The van der Waals surface area contributed by atoms with Gasteiger partial charge in [0.15, 0.2) is 5.78 Å². The van der Waals surface area contributed by atoms with Gasteiger partial charge in [-0.25, -0.2) is 4.85 Å². The molecule has 0 N–H and O–H groups in total. The molecule has 0 unspecified atom stereocenters. The van der Waals surface area contributed by atoms with Gasteiger partial charge in [0.1, 0.15) is 5.75 Å². The molecule has 0 radical (unpaired) electrons. The molecular weight excluding hydrogens is 251 g/mol. The Balaban J connectivity index is 2.38. The minimum Gasteiger partial charge on any atom is -0.508 e. The third-order valence-electron chi connectivity index (χ3n) is 2.84. The van der Waals surface area contributed by atoms with Crippen molar-refractivity contribution in [3.8, 4) is 11.8 Å². The van der Waals surface area contributed by atoms with Crippen LogP contribution in [-0.2, 0) is 0 Å². The van der Waals surface area contributed by atoms with Gasteiger partial charge in [0.05, 0.1) is 25.3 Å². The number of hydrogen-bond donors (Lipinski definition) is 0. The number of methoxy groups -OCH3 is 1. The molecule has 2 aromatic carbocycles. The van der Waals surface area contributed by atoms with Crippen molar-refractivity contribution in [2.24, 2.45) is 0 Å². The molecule has 0 aromatic heterocycles. The summed E-state index contributed by atoms with van der Waals surface area (Å²) in [6.45, 7) is 7.08. The van der Waals surface area contributed by atoms with Gasteiger partial charge >= 0.3 is 0 Å². The van der Waals surface area contributed by atoms with Crippen LogP contribution in [0.2, 0.25) is 0 Å². The van der Waals surface area contributed by atoms with Gasteiger partial charge in [-0.05, 0) is 42.5 Å². The zero-order valence-electron chi connectivity index (χ0n) is 10.8. The molecule has 0 aliphatic heterocycles. The fourth-order valence-electron chi connectivity index (χ4n) is 1.78. The molecule has 0 aliphatic rings. The Kier molecular flexibility index (Phi) is 3.79. The van der Waals surface area contributed by atoms with E-state index < -0.39 is 0 Å². The molecule has 4 nitrogen and oxygen atoms in total. The maximum absolute atomic E-state index is 12.3. The number of nitrogens with zero attached hydrogens (tertiary/aromatic N) is 2. The van der Waals surface area contributed by atoms with E-state index >= 15 is 0 Å². The second-order valence-electron chi connectivity index (χ2n) is 4.02. The average Bonchev–Trinajstić information content (AvgIpc) is 2.53. The Morgan fingerprint density at radius 2 is 1.85 bits per heavy atom. The zero-order valence-corrected chi connectivity index (χ0v) is 10.8. The first kappa shape index (κ1) is 13.3. The topological polar surface area (TPSA) is 54.5 Å². The number of ether oxygens (including phenoxy) is 1. The van der Waals surface area contributed by atoms with Crippen LogP contribution in [0.5, 0.6) is 5.75 Å². The van der Waals surface area contributed by atoms with E-state index in [1.165, 1.54) is 13.2 Å². The van der Waals surface area contributed by atoms with Gasteiger partial charge in [-0.15, -0.1) is 0 Å². The van der Waals surface area contributed by atoms with Crippen molar-refractivity contribution in [3.05, 3.63) is 70.6 Å². The highest BCUT2D eigenvalue weighted by molar-refractivity contribution is 6.09. The third-order valence-corrected chi connectivity index (χ3v) is 2.84. The largest absolute Gasteiger partial charge is 0.508 e. The zero-order chi connectivity index (χ0) is 14.5. The molecule has 2 rings (SSSR count). The SMILES string of the molecule is COc1ccc(C(=O)c2ccc(C#N)cc2)cc1[N+]#[11C-]. The first-order valence-corrected chi connectivity index (χ1v) is 5.80. The third kappa shape index (κ3) is 2.50. The molecular formula is C16H10N2O2. The van der Waals surface area contributed by atoms with Crippen molar-refractivity contribution < 1.29 is 9.53 Å². The minimum atomic E-state index is -0.193. The number of carbonyl (C=O) groups is 1. The van der Waals surface area contributed by atoms with Crippen molar-refractivity contribution in [1.29, 1.82) is 5.26 Å². The number of carbonyl (C=O) groups excluding carboxylic acids is 1. The van der Waals surface area contributed by atoms with E-state index in [-0.39, 0.29) is 5.78 Å². The standard InChI is InChI=1S/C16H10N2O2/c1-18-14-9-13(7-8-15(14)20-2)16(19)12-5-3-11(10-17)4-6-12/h3-9H,2H3/i1-1. The molecule has 0 aliphatic carbocycles. The number of hydrogen-bond acceptors (Lipinski definition) is 3. The van der Waals surface area contributed by atoms with Crippen molar-refractivity contribution in [3.63, 3.8) is 0 Å². The molecule has 0 atom stereocenters. The van der Waals surface area contributed by atoms with E-state index in [9.17, 15) is 4.79 Å². The van der Waals surface area contributed by atoms with Gasteiger partial charge < -0.3 is 4.74 Å². The van der Waals surface area contributed by atoms with Gasteiger partial charge in [-0.3, -0.25) is 4.79 Å². The van der Waals surface area contributed by atoms with Crippen molar-refractivity contribution in [2.75, 3.05) is 7.11 Å². The molecule has 0 spiro atoms. The molecule has 4 heteroatoms. The summed E-state index contributed by atoms with van der Waals surface area (Å²) in [6.07, 6.45) is 0. The van der Waals surface area contributed by atoms with Crippen LogP contribution in [0.4, 0.5) is 5.69 Å². The molecule has 96 valence electrons. The predicted octanol–water partition coefficient (Wildman–Crippen LogP) is 3.35. The smallest absolute Gasteiger partial charge is 0.228 e. The monoisotopic (exact) mass is 261 g/mol. The van der Waals surface area contributed by atoms with Gasteiger partial charge in [0.2, 0.25) is 5.69 Å². The molecule has 20 heavy (non-hydrogen) atoms. The van der Waals surface area contributed by atoms with Crippen LogP contribution in [0.15, 0.2) is 42.5 Å². The second kappa shape index (κ2) is 5.69. The lowest BCUT2D eigenvalue weighted by Crippen LogP contribution is -2.01. The fraction of sp³-hybridized carbons (Fsp3) is 0.0625. The summed E-state index contributed by atoms with van der Waals surface area (Å²) in [5, 5.41) is 8.73. The van der Waals surface area contributed by atoms with Crippen molar-refractivity contribution in [1.82, 2.24) is 0 Å². The first-order chi connectivity index (χ1) is 9.69. The molecule has 0 saturated carbocycles. The Bertz CT molecular complexity index is 735. The Hall–Kier alpha value is -3.11. The van der Waals surface area contributed by atoms with Gasteiger partial charge in [0.25, 0.3) is 0 Å². The highest BCUT2D eigenvalue weighted by Crippen LogP contribution is 2.29. The van der Waals surface area contributed by atoms with Crippen LogP contribution in [0.1, 0.15) is 21.5 Å². The lowest BCUT2D eigenvalue weighted by molar-refractivity contribution is 0.103. The van der Waals surface area contributed by atoms with E-state index in [0.29, 0.717) is 28.1 Å². The molecule has 0 fully saturated rings. The van der Waals surface area contributed by atoms with Crippen LogP contribution in [0.25, 0.3) is 4.85 Å². The number of benzene rings is 2. The molecule has 2 aromatic rings. The minimum absolute atomic E-state index is 0.193. The predicted molar refractivity (Wildman–Crippen MR) is 73.8 cm³/mol. The first-order valence-electron chi connectivity index (χ1n) is 5.80. The van der Waals surface area contributed by atoms with Crippen molar-refractivity contribution in [2.45, 2.75) is 0 Å². The quantitative estimate of drug-likeness (QED) is 0.629. The summed E-state index contributed by atoms with van der Waals surface area (Å²) in [4.78, 5) is 15.6. The van der Waals surface area contributed by atoms with Gasteiger partial charge in [-0.1, -0.05) is 0 Å². The highest BCUT2D eigenvalue weighted by Gasteiger charge is 2.12. The lowest BCUT2D eigenvalue weighted by Gasteiger charge is -2.06. The van der Waals surface area contributed by atoms with Gasteiger partial charge in [-0.2, -0.15) is 5.26 Å². The van der Waals surface area contributed by atoms with Crippen molar-refractivity contribution >= 4 is 11.5 Å². The number of nitriles is 1. The average molecular weight is 261 g/mol. The number of rotatable bonds is 3. The summed E-state index contributed by atoms with van der Waals surface area (Å²) in [6, 6.07) is 13.1. The second-order valence-corrected chi connectivity index (χ2v) is 4.02. The van der Waals surface area contributed by atoms with Crippen LogP contribution in [0.3, 0.4) is 0 Å². The van der Waals surface area contributed by atoms with E-state index in [1.54, 1.807) is 36.4 Å². The Morgan fingerprint density at radius 1 is 1.20 bits per heavy atom. The summed E-state index contributed by atoms with van der Waals surface area (Å²) in [5.74, 6) is 0.249. The van der Waals surface area contributed by atoms with Crippen LogP contribution in [0, 0.1) is 17.9 Å². The molecule has 0 heterocycles. The maximum atomic E-state index is 12.3. The van der Waals surface area contributed by atoms with E-state index in [1.807, 2.05) is 6.07 Å². The van der Waals surface area contributed by atoms with E-state index in [0.717, 1.165) is 0 Å². The normalized spacial score (nSPS) is 9.35. The molecule has 0 amide bonds.